The Morgan fingerprint density at radius 1 is 1.04 bits per heavy atom. The third kappa shape index (κ3) is 2.71. The van der Waals surface area contributed by atoms with Crippen molar-refractivity contribution in [3.63, 3.8) is 0 Å². The lowest BCUT2D eigenvalue weighted by Gasteiger charge is -2.11. The van der Waals surface area contributed by atoms with E-state index < -0.39 is 0 Å². The van der Waals surface area contributed by atoms with Gasteiger partial charge in [0.25, 0.3) is 5.56 Å². The van der Waals surface area contributed by atoms with Crippen molar-refractivity contribution in [3.8, 4) is 11.4 Å². The van der Waals surface area contributed by atoms with Crippen LogP contribution in [0.2, 0.25) is 0 Å². The van der Waals surface area contributed by atoms with Gasteiger partial charge in [0, 0.05) is 30.6 Å². The quantitative estimate of drug-likeness (QED) is 0.572. The second-order valence-corrected chi connectivity index (χ2v) is 6.61. The number of pyridine rings is 2. The average molecular weight is 344 g/mol. The van der Waals surface area contributed by atoms with Crippen molar-refractivity contribution in [1.82, 2.24) is 19.1 Å². The molecule has 0 bridgehead atoms. The molecule has 0 atom stereocenters. The van der Waals surface area contributed by atoms with Gasteiger partial charge in [-0.25, -0.2) is 4.98 Å². The standard InChI is InChI=1S/C21H20N4O/c1-14-7-6-9-18-19(14)25(13-17-8-4-5-10-22-17)20(23-18)16-11-15(2)21(26)24(3)12-16/h4-12H,13H2,1-3H3. The van der Waals surface area contributed by atoms with Crippen LogP contribution in [0, 0.1) is 13.8 Å². The van der Waals surface area contributed by atoms with Gasteiger partial charge >= 0.3 is 0 Å². The second-order valence-electron chi connectivity index (χ2n) is 6.61. The zero-order valence-electron chi connectivity index (χ0n) is 15.1. The highest BCUT2D eigenvalue weighted by Gasteiger charge is 2.16. The van der Waals surface area contributed by atoms with Crippen LogP contribution in [0.15, 0.2) is 59.7 Å². The molecule has 1 aromatic carbocycles. The SMILES string of the molecule is Cc1cc(-c2nc3cccc(C)c3n2Cc2ccccn2)cn(C)c1=O. The topological polar surface area (TPSA) is 52.7 Å². The molecule has 0 radical (unpaired) electrons. The number of benzene rings is 1. The fourth-order valence-corrected chi connectivity index (χ4v) is 3.39. The Morgan fingerprint density at radius 2 is 1.88 bits per heavy atom. The number of fused-ring (bicyclic) bond motifs is 1. The third-order valence-corrected chi connectivity index (χ3v) is 4.64. The first kappa shape index (κ1) is 16.3. The summed E-state index contributed by atoms with van der Waals surface area (Å²) in [7, 11) is 1.77. The van der Waals surface area contributed by atoms with Gasteiger partial charge in [0.1, 0.15) is 5.82 Å². The first-order chi connectivity index (χ1) is 12.5. The maximum absolute atomic E-state index is 12.1. The number of hydrogen-bond donors (Lipinski definition) is 0. The first-order valence-electron chi connectivity index (χ1n) is 8.58. The van der Waals surface area contributed by atoms with Crippen LogP contribution in [-0.2, 0) is 13.6 Å². The first-order valence-corrected chi connectivity index (χ1v) is 8.58. The van der Waals surface area contributed by atoms with Crippen molar-refractivity contribution < 1.29 is 0 Å². The van der Waals surface area contributed by atoms with Crippen LogP contribution in [0.25, 0.3) is 22.4 Å². The van der Waals surface area contributed by atoms with Crippen LogP contribution in [0.4, 0.5) is 0 Å². The highest BCUT2D eigenvalue weighted by molar-refractivity contribution is 5.83. The van der Waals surface area contributed by atoms with Crippen LogP contribution in [0.3, 0.4) is 0 Å². The monoisotopic (exact) mass is 344 g/mol. The molecule has 3 heterocycles. The summed E-state index contributed by atoms with van der Waals surface area (Å²) in [5.41, 5.74) is 5.82. The average Bonchev–Trinajstić information content (AvgIpc) is 3.00. The van der Waals surface area contributed by atoms with Crippen molar-refractivity contribution in [2.75, 3.05) is 0 Å². The highest BCUT2D eigenvalue weighted by atomic mass is 16.1. The number of para-hydroxylation sites is 1. The van der Waals surface area contributed by atoms with E-state index in [1.807, 2.05) is 49.5 Å². The largest absolute Gasteiger partial charge is 0.318 e. The molecule has 0 aliphatic heterocycles. The predicted octanol–water partition coefficient (Wildman–Crippen LogP) is 3.46. The van der Waals surface area contributed by atoms with Crippen molar-refractivity contribution >= 4 is 11.0 Å². The molecule has 0 saturated heterocycles. The summed E-state index contributed by atoms with van der Waals surface area (Å²) < 4.78 is 3.80. The Hall–Kier alpha value is -3.21. The lowest BCUT2D eigenvalue weighted by atomic mass is 10.2. The summed E-state index contributed by atoms with van der Waals surface area (Å²) in [6, 6.07) is 14.0. The van der Waals surface area contributed by atoms with E-state index in [1.165, 1.54) is 5.56 Å². The minimum Gasteiger partial charge on any atom is -0.318 e. The van der Waals surface area contributed by atoms with E-state index in [9.17, 15) is 4.79 Å². The summed E-state index contributed by atoms with van der Waals surface area (Å²) >= 11 is 0. The summed E-state index contributed by atoms with van der Waals surface area (Å²) in [5, 5.41) is 0. The van der Waals surface area contributed by atoms with Gasteiger partial charge in [-0.1, -0.05) is 18.2 Å². The fourth-order valence-electron chi connectivity index (χ4n) is 3.39. The van der Waals surface area contributed by atoms with Crippen LogP contribution < -0.4 is 5.56 Å². The number of hydrogen-bond acceptors (Lipinski definition) is 3. The summed E-state index contributed by atoms with van der Waals surface area (Å²) in [6.45, 7) is 4.55. The van der Waals surface area contributed by atoms with E-state index in [1.54, 1.807) is 17.8 Å². The summed E-state index contributed by atoms with van der Waals surface area (Å²) in [5.74, 6) is 0.846. The van der Waals surface area contributed by atoms with E-state index >= 15 is 0 Å². The molecule has 4 aromatic rings. The third-order valence-electron chi connectivity index (χ3n) is 4.64. The van der Waals surface area contributed by atoms with Crippen molar-refractivity contribution in [3.05, 3.63) is 82.0 Å². The number of aromatic nitrogens is 4. The maximum atomic E-state index is 12.1. The Morgan fingerprint density at radius 3 is 2.62 bits per heavy atom. The Balaban J connectivity index is 1.99. The van der Waals surface area contributed by atoms with Crippen LogP contribution in [0.5, 0.6) is 0 Å². The zero-order chi connectivity index (χ0) is 18.3. The fraction of sp³-hybridized carbons (Fsp3) is 0.190. The molecule has 26 heavy (non-hydrogen) atoms. The van der Waals surface area contributed by atoms with E-state index in [0.29, 0.717) is 12.1 Å². The van der Waals surface area contributed by atoms with Crippen molar-refractivity contribution in [2.45, 2.75) is 20.4 Å². The molecule has 0 aliphatic rings. The Bertz CT molecular complexity index is 1130. The van der Waals surface area contributed by atoms with Crippen LogP contribution >= 0.6 is 0 Å². The summed E-state index contributed by atoms with van der Waals surface area (Å²) in [6.07, 6.45) is 3.65. The number of nitrogens with zero attached hydrogens (tertiary/aromatic N) is 4. The van der Waals surface area contributed by atoms with Gasteiger partial charge in [0.15, 0.2) is 0 Å². The molecule has 5 nitrogen and oxygen atoms in total. The van der Waals surface area contributed by atoms with Gasteiger partial charge in [0.05, 0.1) is 23.3 Å². The van der Waals surface area contributed by atoms with Gasteiger partial charge in [-0.3, -0.25) is 9.78 Å². The highest BCUT2D eigenvalue weighted by Crippen LogP contribution is 2.27. The minimum absolute atomic E-state index is 0.0114. The smallest absolute Gasteiger partial charge is 0.253 e. The molecule has 130 valence electrons. The Kier molecular flexibility index (Phi) is 3.92. The van der Waals surface area contributed by atoms with Crippen molar-refractivity contribution in [2.24, 2.45) is 7.05 Å². The lowest BCUT2D eigenvalue weighted by Crippen LogP contribution is -2.19. The summed E-state index contributed by atoms with van der Waals surface area (Å²) in [4.78, 5) is 21.4. The van der Waals surface area contributed by atoms with E-state index in [-0.39, 0.29) is 5.56 Å². The molecule has 0 saturated carbocycles. The normalized spacial score (nSPS) is 11.2. The van der Waals surface area contributed by atoms with E-state index in [4.69, 9.17) is 4.98 Å². The maximum Gasteiger partial charge on any atom is 0.253 e. The number of rotatable bonds is 3. The van der Waals surface area contributed by atoms with Gasteiger partial charge < -0.3 is 9.13 Å². The Labute approximate surface area is 151 Å². The van der Waals surface area contributed by atoms with Crippen LogP contribution in [0.1, 0.15) is 16.8 Å². The molecule has 0 aliphatic carbocycles. The molecule has 4 rings (SSSR count). The minimum atomic E-state index is 0.0114. The van der Waals surface area contributed by atoms with Gasteiger partial charge in [-0.2, -0.15) is 0 Å². The molecule has 0 unspecified atom stereocenters. The number of aryl methyl sites for hydroxylation is 3. The van der Waals surface area contributed by atoms with E-state index in [0.717, 1.165) is 28.1 Å². The molecule has 0 amide bonds. The molecular weight excluding hydrogens is 324 g/mol. The number of imidazole rings is 1. The second kappa shape index (κ2) is 6.26. The molecule has 0 N–H and O–H groups in total. The molecule has 5 heteroatoms. The van der Waals surface area contributed by atoms with Gasteiger partial charge in [0.2, 0.25) is 0 Å². The zero-order valence-corrected chi connectivity index (χ0v) is 15.1. The van der Waals surface area contributed by atoms with Crippen molar-refractivity contribution in [1.29, 1.82) is 0 Å². The lowest BCUT2D eigenvalue weighted by molar-refractivity contribution is 0.797. The molecule has 0 fully saturated rings. The molecule has 3 aromatic heterocycles. The molecule has 0 spiro atoms. The van der Waals surface area contributed by atoms with E-state index in [2.05, 4.69) is 22.5 Å². The predicted molar refractivity (Wildman–Crippen MR) is 103 cm³/mol. The van der Waals surface area contributed by atoms with Gasteiger partial charge in [-0.05, 0) is 43.7 Å². The van der Waals surface area contributed by atoms with Gasteiger partial charge in [-0.15, -0.1) is 0 Å². The van der Waals surface area contributed by atoms with Crippen LogP contribution in [-0.4, -0.2) is 19.1 Å². The molecular formula is C21H20N4O.